The third kappa shape index (κ3) is 6.46. The molecule has 2 amide bonds. The average molecular weight is 539 g/mol. The molecule has 0 unspecified atom stereocenters. The molecule has 4 aromatic rings. The van der Waals surface area contributed by atoms with Crippen LogP contribution in [0.5, 0.6) is 11.5 Å². The highest BCUT2D eigenvalue weighted by atomic mass is 32.2. The van der Waals surface area contributed by atoms with E-state index in [-0.39, 0.29) is 32.7 Å². The van der Waals surface area contributed by atoms with Crippen LogP contribution < -0.4 is 19.0 Å². The minimum absolute atomic E-state index is 0.00117. The summed E-state index contributed by atoms with van der Waals surface area (Å²) in [5, 5.41) is 5.10. The lowest BCUT2D eigenvalue weighted by Gasteiger charge is -2.14. The molecule has 4 aromatic carbocycles. The summed E-state index contributed by atoms with van der Waals surface area (Å²) in [6.07, 6.45) is 0. The smallest absolute Gasteiger partial charge is 0.339 e. The summed E-state index contributed by atoms with van der Waals surface area (Å²) in [7, 11) is -8.21. The summed E-state index contributed by atoms with van der Waals surface area (Å²) in [4.78, 5) is 12.6. The van der Waals surface area contributed by atoms with Gasteiger partial charge in [-0.3, -0.25) is 0 Å². The van der Waals surface area contributed by atoms with Gasteiger partial charge < -0.3 is 19.0 Å². The number of nitrogens with one attached hydrogen (secondary N) is 2. The van der Waals surface area contributed by atoms with Crippen LogP contribution in [0.2, 0.25) is 0 Å². The number of amides is 2. The van der Waals surface area contributed by atoms with Gasteiger partial charge in [0.1, 0.15) is 15.5 Å². The van der Waals surface area contributed by atoms with E-state index >= 15 is 0 Å². The van der Waals surface area contributed by atoms with Crippen LogP contribution in [0.1, 0.15) is 5.56 Å². The largest absolute Gasteiger partial charge is 0.379 e. The van der Waals surface area contributed by atoms with E-state index in [4.69, 9.17) is 8.37 Å². The zero-order valence-corrected chi connectivity index (χ0v) is 21.1. The fraction of sp³-hybridized carbons (Fsp3) is 0.0385. The number of anilines is 2. The van der Waals surface area contributed by atoms with Crippen molar-refractivity contribution in [2.24, 2.45) is 0 Å². The topological polar surface area (TPSA) is 128 Å². The Hall–Kier alpha value is -4.35. The van der Waals surface area contributed by atoms with Gasteiger partial charge in [-0.2, -0.15) is 16.8 Å². The molecule has 0 aromatic heterocycles. The zero-order valence-electron chi connectivity index (χ0n) is 19.5. The third-order valence-corrected chi connectivity index (χ3v) is 7.68. The van der Waals surface area contributed by atoms with Gasteiger partial charge in [0.2, 0.25) is 0 Å². The number of carbonyl (C=O) groups excluding carboxylic acids is 1. The Kier molecular flexibility index (Phi) is 7.46. The lowest BCUT2D eigenvalue weighted by Crippen LogP contribution is -2.20. The first-order valence-electron chi connectivity index (χ1n) is 10.9. The van der Waals surface area contributed by atoms with E-state index in [0.717, 1.165) is 0 Å². The number of carbonyl (C=O) groups is 1. The van der Waals surface area contributed by atoms with Crippen LogP contribution in [-0.2, 0) is 20.2 Å². The maximum Gasteiger partial charge on any atom is 0.339 e. The summed E-state index contributed by atoms with van der Waals surface area (Å²) in [6.45, 7) is 1.66. The fourth-order valence-corrected chi connectivity index (χ4v) is 5.44. The molecule has 0 aliphatic carbocycles. The predicted octanol–water partition coefficient (Wildman–Crippen LogP) is 5.17. The van der Waals surface area contributed by atoms with Crippen molar-refractivity contribution in [2.45, 2.75) is 16.7 Å². The lowest BCUT2D eigenvalue weighted by atomic mass is 10.2. The molecule has 37 heavy (non-hydrogen) atoms. The van der Waals surface area contributed by atoms with E-state index in [1.807, 2.05) is 0 Å². The summed E-state index contributed by atoms with van der Waals surface area (Å²) in [5.74, 6) is -0.0818. The first kappa shape index (κ1) is 25.7. The maximum atomic E-state index is 12.7. The highest BCUT2D eigenvalue weighted by Gasteiger charge is 2.20. The number of rotatable bonds is 8. The minimum atomic E-state index is -4.12. The van der Waals surface area contributed by atoms with Crippen molar-refractivity contribution < 1.29 is 30.0 Å². The van der Waals surface area contributed by atoms with E-state index < -0.39 is 26.3 Å². The molecule has 190 valence electrons. The van der Waals surface area contributed by atoms with E-state index in [2.05, 4.69) is 10.6 Å². The molecule has 11 heteroatoms. The van der Waals surface area contributed by atoms with E-state index in [1.165, 1.54) is 54.6 Å². The van der Waals surface area contributed by atoms with E-state index in [9.17, 15) is 21.6 Å². The van der Waals surface area contributed by atoms with Crippen LogP contribution in [0, 0.1) is 6.92 Å². The van der Waals surface area contributed by atoms with Gasteiger partial charge in [0.05, 0.1) is 5.69 Å². The van der Waals surface area contributed by atoms with Crippen molar-refractivity contribution in [1.29, 1.82) is 0 Å². The molecule has 0 spiro atoms. The lowest BCUT2D eigenvalue weighted by molar-refractivity contribution is 0.262. The van der Waals surface area contributed by atoms with Crippen LogP contribution in [0.3, 0.4) is 0 Å². The highest BCUT2D eigenvalue weighted by molar-refractivity contribution is 7.87. The number of benzene rings is 4. The second kappa shape index (κ2) is 10.7. The normalized spacial score (nSPS) is 11.4. The molecule has 0 saturated carbocycles. The Bertz CT molecular complexity index is 1640. The number of aryl methyl sites for hydroxylation is 1. The van der Waals surface area contributed by atoms with Crippen LogP contribution in [0.4, 0.5) is 16.2 Å². The molecular formula is C26H22N2O7S2. The maximum absolute atomic E-state index is 12.7. The molecule has 2 N–H and O–H groups in total. The molecular weight excluding hydrogens is 516 g/mol. The average Bonchev–Trinajstić information content (AvgIpc) is 2.86. The molecule has 0 aliphatic rings. The van der Waals surface area contributed by atoms with Crippen molar-refractivity contribution in [1.82, 2.24) is 0 Å². The highest BCUT2D eigenvalue weighted by Crippen LogP contribution is 2.28. The molecule has 0 heterocycles. The van der Waals surface area contributed by atoms with Crippen LogP contribution in [0.25, 0.3) is 0 Å². The van der Waals surface area contributed by atoms with E-state index in [0.29, 0.717) is 5.56 Å². The van der Waals surface area contributed by atoms with E-state index in [1.54, 1.807) is 55.5 Å². The Morgan fingerprint density at radius 3 is 2.11 bits per heavy atom. The first-order chi connectivity index (χ1) is 17.6. The van der Waals surface area contributed by atoms with Gasteiger partial charge in [-0.25, -0.2) is 4.79 Å². The molecule has 0 atom stereocenters. The molecule has 9 nitrogen and oxygen atoms in total. The predicted molar refractivity (Wildman–Crippen MR) is 139 cm³/mol. The minimum Gasteiger partial charge on any atom is -0.379 e. The SMILES string of the molecule is Cc1ccccc1S(=O)(=O)Oc1cccc(NC(=O)Nc2ccccc2OS(=O)(=O)c2ccccc2)c1. The third-order valence-electron chi connectivity index (χ3n) is 5.03. The molecule has 0 fully saturated rings. The number of hydrogen-bond donors (Lipinski definition) is 2. The summed E-state index contributed by atoms with van der Waals surface area (Å²) < 4.78 is 61.0. The fourth-order valence-electron chi connectivity index (χ4n) is 3.31. The van der Waals surface area contributed by atoms with Crippen molar-refractivity contribution in [2.75, 3.05) is 10.6 Å². The van der Waals surface area contributed by atoms with Gasteiger partial charge in [0.15, 0.2) is 5.75 Å². The second-order valence-electron chi connectivity index (χ2n) is 7.76. The first-order valence-corrected chi connectivity index (χ1v) is 13.7. The van der Waals surface area contributed by atoms with Crippen molar-refractivity contribution >= 4 is 37.6 Å². The molecule has 0 bridgehead atoms. The molecule has 0 aliphatic heterocycles. The van der Waals surface area contributed by atoms with Crippen molar-refractivity contribution in [3.05, 3.63) is 109 Å². The Balaban J connectivity index is 1.47. The van der Waals surface area contributed by atoms with Crippen LogP contribution in [-0.4, -0.2) is 22.9 Å². The van der Waals surface area contributed by atoms with Crippen LogP contribution >= 0.6 is 0 Å². The number of urea groups is 1. The van der Waals surface area contributed by atoms with Gasteiger partial charge in [0.25, 0.3) is 0 Å². The number of hydrogen-bond acceptors (Lipinski definition) is 7. The Labute approximate surface area is 214 Å². The van der Waals surface area contributed by atoms with Gasteiger partial charge in [-0.1, -0.05) is 54.6 Å². The molecule has 4 rings (SSSR count). The van der Waals surface area contributed by atoms with Crippen molar-refractivity contribution in [3.8, 4) is 11.5 Å². The van der Waals surface area contributed by atoms with Crippen molar-refractivity contribution in [3.63, 3.8) is 0 Å². The summed E-state index contributed by atoms with van der Waals surface area (Å²) >= 11 is 0. The summed E-state index contributed by atoms with van der Waals surface area (Å²) in [5.41, 5.74) is 0.880. The Morgan fingerprint density at radius 1 is 0.676 bits per heavy atom. The zero-order chi connectivity index (χ0) is 26.5. The van der Waals surface area contributed by atoms with Gasteiger partial charge in [-0.15, -0.1) is 0 Å². The monoisotopic (exact) mass is 538 g/mol. The van der Waals surface area contributed by atoms with Crippen LogP contribution in [0.15, 0.2) is 113 Å². The number of para-hydroxylation sites is 2. The molecule has 0 saturated heterocycles. The Morgan fingerprint density at radius 2 is 1.35 bits per heavy atom. The van der Waals surface area contributed by atoms with Gasteiger partial charge in [0, 0.05) is 11.8 Å². The standard InChI is InChI=1S/C26H22N2O7S2/c1-19-10-5-8-17-25(19)37(32,33)34-21-12-9-11-20(18-21)27-26(29)28-23-15-6-7-16-24(23)35-36(30,31)22-13-3-2-4-14-22/h2-18H,1H3,(H2,27,28,29). The van der Waals surface area contributed by atoms with Gasteiger partial charge >= 0.3 is 26.3 Å². The quantitative estimate of drug-likeness (QED) is 0.296. The summed E-state index contributed by atoms with van der Waals surface area (Å²) in [6, 6.07) is 25.2. The molecule has 0 radical (unpaired) electrons. The van der Waals surface area contributed by atoms with Gasteiger partial charge in [-0.05, 0) is 55.0 Å². The second-order valence-corrected chi connectivity index (χ2v) is 10.8.